The number of anilines is 1. The molecule has 0 bridgehead atoms. The van der Waals surface area contributed by atoms with Crippen LogP contribution < -0.4 is 20.7 Å². The highest BCUT2D eigenvalue weighted by atomic mass is 19.3. The van der Waals surface area contributed by atoms with E-state index in [-0.39, 0.29) is 52.2 Å². The highest BCUT2D eigenvalue weighted by Gasteiger charge is 2.21. The molecular formula is C22H25F2N7O3. The zero-order chi connectivity index (χ0) is 25.0. The average molecular weight is 473 g/mol. The second-order valence-corrected chi connectivity index (χ2v) is 8.35. The third-order valence-electron chi connectivity index (χ3n) is 4.57. The zero-order valence-corrected chi connectivity index (χ0v) is 19.0. The van der Waals surface area contributed by atoms with E-state index in [9.17, 15) is 18.4 Å². The first-order valence-electron chi connectivity index (χ1n) is 10.3. The molecule has 10 nitrogen and oxygen atoms in total. The van der Waals surface area contributed by atoms with Gasteiger partial charge in [-0.1, -0.05) is 0 Å². The highest BCUT2D eigenvalue weighted by molar-refractivity contribution is 6.14. The number of likely N-dealkylation sites (N-methyl/N-ethyl adjacent to an activating group) is 1. The summed E-state index contributed by atoms with van der Waals surface area (Å²) in [7, 11) is 1.47. The number of nitrogens with zero attached hydrogens (tertiary/aromatic N) is 2. The van der Waals surface area contributed by atoms with E-state index in [1.807, 2.05) is 20.8 Å². The molecule has 5 N–H and O–H groups in total. The van der Waals surface area contributed by atoms with Crippen LogP contribution in [0.5, 0.6) is 5.75 Å². The van der Waals surface area contributed by atoms with E-state index in [2.05, 4.69) is 35.6 Å². The maximum Gasteiger partial charge on any atom is 0.387 e. The summed E-state index contributed by atoms with van der Waals surface area (Å²) >= 11 is 0. The van der Waals surface area contributed by atoms with Gasteiger partial charge in [-0.25, -0.2) is 9.97 Å². The number of hydrogen-bond donors (Lipinski definition) is 5. The Morgan fingerprint density at radius 2 is 1.97 bits per heavy atom. The van der Waals surface area contributed by atoms with E-state index in [4.69, 9.17) is 5.41 Å². The molecule has 0 saturated carbocycles. The number of H-pyrrole nitrogens is 1. The average Bonchev–Trinajstić information content (AvgIpc) is 3.19. The first-order chi connectivity index (χ1) is 16.0. The van der Waals surface area contributed by atoms with Crippen LogP contribution in [0.1, 0.15) is 42.4 Å². The van der Waals surface area contributed by atoms with Gasteiger partial charge in [-0.15, -0.1) is 0 Å². The number of alkyl halides is 2. The summed E-state index contributed by atoms with van der Waals surface area (Å²) in [4.78, 5) is 35.9. The van der Waals surface area contributed by atoms with Crippen LogP contribution in [0, 0.1) is 5.41 Å². The Labute approximate surface area is 194 Å². The van der Waals surface area contributed by atoms with Crippen molar-refractivity contribution in [3.8, 4) is 5.75 Å². The number of benzene rings is 1. The Morgan fingerprint density at radius 3 is 2.62 bits per heavy atom. The molecule has 0 spiro atoms. The van der Waals surface area contributed by atoms with Crippen molar-refractivity contribution in [2.45, 2.75) is 32.9 Å². The third-order valence-corrected chi connectivity index (χ3v) is 4.57. The second kappa shape index (κ2) is 9.81. The number of hydrogen-bond acceptors (Lipinski definition) is 7. The van der Waals surface area contributed by atoms with Gasteiger partial charge in [0.25, 0.3) is 5.91 Å². The number of carbonyl (C=O) groups is 2. The maximum atomic E-state index is 12.7. The number of rotatable bonds is 8. The largest absolute Gasteiger partial charge is 0.435 e. The lowest BCUT2D eigenvalue weighted by molar-refractivity contribution is -0.118. The Hall–Kier alpha value is -4.09. The summed E-state index contributed by atoms with van der Waals surface area (Å²) in [5.74, 6) is -0.841. The van der Waals surface area contributed by atoms with Crippen molar-refractivity contribution in [1.82, 2.24) is 25.6 Å². The van der Waals surface area contributed by atoms with Crippen LogP contribution in [0.4, 0.5) is 14.5 Å². The molecule has 34 heavy (non-hydrogen) atoms. The van der Waals surface area contributed by atoms with Gasteiger partial charge >= 0.3 is 6.61 Å². The Balaban J connectivity index is 2.01. The molecule has 1 aromatic carbocycles. The van der Waals surface area contributed by atoms with E-state index in [1.54, 1.807) is 0 Å². The summed E-state index contributed by atoms with van der Waals surface area (Å²) in [6, 6.07) is 3.97. The van der Waals surface area contributed by atoms with Crippen molar-refractivity contribution in [3.63, 3.8) is 0 Å². The lowest BCUT2D eigenvalue weighted by atomic mass is 10.0. The third kappa shape index (κ3) is 5.82. The zero-order valence-electron chi connectivity index (χ0n) is 19.0. The van der Waals surface area contributed by atoms with Crippen LogP contribution >= 0.6 is 0 Å². The Bertz CT molecular complexity index is 1230. The van der Waals surface area contributed by atoms with Gasteiger partial charge in [0.2, 0.25) is 5.91 Å². The van der Waals surface area contributed by atoms with Crippen LogP contribution in [-0.4, -0.2) is 58.2 Å². The number of nitrogens with one attached hydrogen (secondary N) is 5. The van der Waals surface area contributed by atoms with Crippen LogP contribution in [0.3, 0.4) is 0 Å². The number of aromatic amines is 1. The van der Waals surface area contributed by atoms with E-state index in [1.165, 1.54) is 37.6 Å². The minimum Gasteiger partial charge on any atom is -0.435 e. The van der Waals surface area contributed by atoms with Gasteiger partial charge in [0, 0.05) is 30.0 Å². The number of carbonyl (C=O) groups excluding carboxylic acids is 2. The molecule has 0 unspecified atom stereocenters. The summed E-state index contributed by atoms with van der Waals surface area (Å²) in [5.41, 5.74) is 0.788. The van der Waals surface area contributed by atoms with Gasteiger partial charge in [-0.2, -0.15) is 8.78 Å². The normalized spacial score (nSPS) is 11.4. The van der Waals surface area contributed by atoms with Crippen molar-refractivity contribution in [2.75, 3.05) is 18.9 Å². The van der Waals surface area contributed by atoms with Crippen molar-refractivity contribution < 1.29 is 23.1 Å². The molecule has 0 aliphatic carbocycles. The molecule has 0 fully saturated rings. The predicted molar refractivity (Wildman–Crippen MR) is 123 cm³/mol. The van der Waals surface area contributed by atoms with Gasteiger partial charge in [0.1, 0.15) is 17.0 Å². The van der Waals surface area contributed by atoms with Crippen molar-refractivity contribution >= 4 is 34.4 Å². The fourth-order valence-corrected chi connectivity index (χ4v) is 3.06. The van der Waals surface area contributed by atoms with Gasteiger partial charge in [0.05, 0.1) is 24.0 Å². The molecule has 3 aromatic rings. The molecule has 0 aliphatic heterocycles. The van der Waals surface area contributed by atoms with E-state index < -0.39 is 12.2 Å². The smallest absolute Gasteiger partial charge is 0.387 e. The molecular weight excluding hydrogens is 448 g/mol. The van der Waals surface area contributed by atoms with E-state index in [0.29, 0.717) is 11.3 Å². The Kier molecular flexibility index (Phi) is 7.08. The molecule has 12 heteroatoms. The molecule has 3 rings (SSSR count). The lowest BCUT2D eigenvalue weighted by Crippen LogP contribution is -2.40. The minimum absolute atomic E-state index is 0.0918. The van der Waals surface area contributed by atoms with Crippen LogP contribution in [0.25, 0.3) is 11.2 Å². The summed E-state index contributed by atoms with van der Waals surface area (Å²) in [5, 5.41) is 16.8. The van der Waals surface area contributed by atoms with Crippen molar-refractivity contribution in [1.29, 1.82) is 5.41 Å². The molecule has 180 valence electrons. The number of aromatic nitrogens is 3. The monoisotopic (exact) mass is 473 g/mol. The van der Waals surface area contributed by atoms with Gasteiger partial charge < -0.3 is 25.7 Å². The Morgan fingerprint density at radius 1 is 1.24 bits per heavy atom. The summed E-state index contributed by atoms with van der Waals surface area (Å²) in [6.45, 7) is 2.37. The molecule has 0 radical (unpaired) electrons. The lowest BCUT2D eigenvalue weighted by Gasteiger charge is -2.20. The van der Waals surface area contributed by atoms with Crippen molar-refractivity contribution in [2.24, 2.45) is 0 Å². The summed E-state index contributed by atoms with van der Waals surface area (Å²) in [6.07, 6.45) is 2.81. The topological polar surface area (TPSA) is 145 Å². The van der Waals surface area contributed by atoms with E-state index >= 15 is 0 Å². The first-order valence-corrected chi connectivity index (χ1v) is 10.3. The molecule has 0 aliphatic rings. The summed E-state index contributed by atoms with van der Waals surface area (Å²) < 4.78 is 30.0. The second-order valence-electron chi connectivity index (χ2n) is 8.35. The number of ether oxygens (including phenoxy) is 1. The maximum absolute atomic E-state index is 12.7. The van der Waals surface area contributed by atoms with Crippen LogP contribution in [0.15, 0.2) is 30.6 Å². The van der Waals surface area contributed by atoms with Crippen LogP contribution in [-0.2, 0) is 4.79 Å². The quantitative estimate of drug-likeness (QED) is 0.318. The number of halogens is 2. The molecule has 0 atom stereocenters. The predicted octanol–water partition coefficient (Wildman–Crippen LogP) is 2.66. The number of fused-ring (bicyclic) bond motifs is 1. The number of amides is 2. The van der Waals surface area contributed by atoms with Gasteiger partial charge in [-0.3, -0.25) is 15.0 Å². The van der Waals surface area contributed by atoms with Gasteiger partial charge in [0.15, 0.2) is 5.65 Å². The minimum atomic E-state index is -3.05. The fraction of sp³-hybridized carbons (Fsp3) is 0.318. The molecule has 2 aromatic heterocycles. The van der Waals surface area contributed by atoms with Crippen molar-refractivity contribution in [3.05, 3.63) is 47.4 Å². The highest BCUT2D eigenvalue weighted by Crippen LogP contribution is 2.26. The molecule has 2 heterocycles. The first kappa shape index (κ1) is 24.6. The fourth-order valence-electron chi connectivity index (χ4n) is 3.06. The molecule has 2 amide bonds. The standard InChI is InChI=1S/C22H25F2N7O3/c1-22(2,3)31-20(33)13-8-28-19-18(13)30-15(9-29-19)17(25)12-7-11(34-21(23)24)5-6-14(12)27-10-16(32)26-4/h5-9,21,25,27H,10H2,1-4H3,(H,26,32)(H,28,29)(H,31,33). The van der Waals surface area contributed by atoms with E-state index in [0.717, 1.165) is 0 Å². The SMILES string of the molecule is CNC(=O)CNc1ccc(OC(F)F)cc1C(=N)c1cnc2[nH]cc(C(=O)NC(C)(C)C)c2n1. The molecule has 0 saturated heterocycles. The van der Waals surface area contributed by atoms with Crippen LogP contribution in [0.2, 0.25) is 0 Å². The van der Waals surface area contributed by atoms with Gasteiger partial charge in [-0.05, 0) is 39.0 Å².